The van der Waals surface area contributed by atoms with E-state index in [2.05, 4.69) is 4.90 Å². The van der Waals surface area contributed by atoms with Crippen LogP contribution in [-0.4, -0.2) is 47.5 Å². The standard InChI is InChI=1S/C29H30ClNO4/c30-22-10-8-21(9-11-22)29-25(20-6-2-1-3-7-20)19-27(32)28(29,33)24-13-12-23(18-26(24)35-29)34-17-5-16-31-14-4-15-31/h1-3,6-13,18,25,27,32-33H,4-5,14-17,19H2/t25-,27+,28-,29-/m1/s1. The van der Waals surface area contributed by atoms with Crippen LogP contribution in [0.5, 0.6) is 11.5 Å². The first-order chi connectivity index (χ1) is 17.0. The predicted octanol–water partition coefficient (Wildman–Crippen LogP) is 4.84. The summed E-state index contributed by atoms with van der Waals surface area (Å²) in [4.78, 5) is 2.42. The summed E-state index contributed by atoms with van der Waals surface area (Å²) >= 11 is 6.21. The third-order valence-corrected chi connectivity index (χ3v) is 8.20. The minimum atomic E-state index is -1.62. The molecule has 2 fully saturated rings. The number of ether oxygens (including phenoxy) is 2. The van der Waals surface area contributed by atoms with Gasteiger partial charge in [-0.15, -0.1) is 0 Å². The van der Waals surface area contributed by atoms with Crippen LogP contribution in [0.2, 0.25) is 5.02 Å². The molecule has 3 aromatic rings. The van der Waals surface area contributed by atoms with Crippen LogP contribution in [0.25, 0.3) is 0 Å². The van der Waals surface area contributed by atoms with Crippen molar-refractivity contribution < 1.29 is 19.7 Å². The molecule has 0 aromatic heterocycles. The molecule has 2 heterocycles. The molecule has 3 aromatic carbocycles. The van der Waals surface area contributed by atoms with Crippen LogP contribution in [0.1, 0.15) is 41.9 Å². The molecule has 1 saturated heterocycles. The molecule has 6 rings (SSSR count). The highest BCUT2D eigenvalue weighted by molar-refractivity contribution is 6.30. The van der Waals surface area contributed by atoms with Crippen molar-refractivity contribution in [1.82, 2.24) is 4.90 Å². The average Bonchev–Trinajstić information content (AvgIpc) is 3.24. The molecule has 0 spiro atoms. The number of halogens is 1. The van der Waals surface area contributed by atoms with Crippen molar-refractivity contribution in [2.24, 2.45) is 0 Å². The van der Waals surface area contributed by atoms with Gasteiger partial charge in [-0.1, -0.05) is 54.1 Å². The van der Waals surface area contributed by atoms with Crippen LogP contribution in [0.15, 0.2) is 72.8 Å². The van der Waals surface area contributed by atoms with Crippen molar-refractivity contribution >= 4 is 11.6 Å². The first kappa shape index (κ1) is 22.9. The fraction of sp³-hybridized carbons (Fsp3) is 0.379. The Labute approximate surface area is 210 Å². The maximum Gasteiger partial charge on any atom is 0.176 e. The van der Waals surface area contributed by atoms with E-state index in [9.17, 15) is 10.2 Å². The fourth-order valence-electron chi connectivity index (χ4n) is 6.08. The van der Waals surface area contributed by atoms with Gasteiger partial charge in [-0.05, 0) is 67.7 Å². The lowest BCUT2D eigenvalue weighted by Gasteiger charge is -2.40. The van der Waals surface area contributed by atoms with E-state index < -0.39 is 17.3 Å². The minimum Gasteiger partial charge on any atom is -0.493 e. The van der Waals surface area contributed by atoms with Gasteiger partial charge in [-0.3, -0.25) is 0 Å². The average molecular weight is 492 g/mol. The number of nitrogens with zero attached hydrogens (tertiary/aromatic N) is 1. The highest BCUT2D eigenvalue weighted by Crippen LogP contribution is 2.66. The van der Waals surface area contributed by atoms with Crippen molar-refractivity contribution in [2.45, 2.75) is 42.5 Å². The zero-order valence-corrected chi connectivity index (χ0v) is 20.3. The Kier molecular flexibility index (Phi) is 5.76. The zero-order valence-electron chi connectivity index (χ0n) is 19.6. The Morgan fingerprint density at radius 1 is 1.03 bits per heavy atom. The number of hydrogen-bond donors (Lipinski definition) is 2. The van der Waals surface area contributed by atoms with E-state index in [1.807, 2.05) is 60.7 Å². The van der Waals surface area contributed by atoms with Gasteiger partial charge in [-0.2, -0.15) is 0 Å². The van der Waals surface area contributed by atoms with E-state index in [1.54, 1.807) is 12.1 Å². The molecule has 1 saturated carbocycles. The van der Waals surface area contributed by atoms with Crippen LogP contribution >= 0.6 is 11.6 Å². The van der Waals surface area contributed by atoms with Crippen molar-refractivity contribution in [3.63, 3.8) is 0 Å². The number of hydrogen-bond acceptors (Lipinski definition) is 5. The van der Waals surface area contributed by atoms with Gasteiger partial charge in [0.2, 0.25) is 0 Å². The maximum atomic E-state index is 12.3. The topological polar surface area (TPSA) is 62.2 Å². The largest absolute Gasteiger partial charge is 0.493 e. The molecule has 0 bridgehead atoms. The number of fused-ring (bicyclic) bond motifs is 3. The lowest BCUT2D eigenvalue weighted by molar-refractivity contribution is -0.149. The summed E-state index contributed by atoms with van der Waals surface area (Å²) in [6.07, 6.45) is 1.62. The Morgan fingerprint density at radius 3 is 2.51 bits per heavy atom. The molecule has 4 atom stereocenters. The van der Waals surface area contributed by atoms with E-state index in [4.69, 9.17) is 21.1 Å². The molecule has 6 heteroatoms. The van der Waals surface area contributed by atoms with Crippen LogP contribution in [0.4, 0.5) is 0 Å². The second-order valence-corrected chi connectivity index (χ2v) is 10.3. The lowest BCUT2D eigenvalue weighted by atomic mass is 9.71. The van der Waals surface area contributed by atoms with Gasteiger partial charge in [0.25, 0.3) is 0 Å². The maximum absolute atomic E-state index is 12.3. The molecule has 0 unspecified atom stereocenters. The second-order valence-electron chi connectivity index (χ2n) is 9.88. The number of aliphatic hydroxyl groups is 2. The highest BCUT2D eigenvalue weighted by Gasteiger charge is 2.72. The van der Waals surface area contributed by atoms with E-state index in [0.717, 1.165) is 24.1 Å². The molecule has 1 aliphatic carbocycles. The summed E-state index contributed by atoms with van der Waals surface area (Å²) < 4.78 is 12.8. The monoisotopic (exact) mass is 491 g/mol. The summed E-state index contributed by atoms with van der Waals surface area (Å²) in [5.41, 5.74) is -0.439. The second kappa shape index (κ2) is 8.82. The molecule has 2 N–H and O–H groups in total. The Morgan fingerprint density at radius 2 is 1.80 bits per heavy atom. The zero-order chi connectivity index (χ0) is 24.0. The Hall–Kier alpha value is -2.57. The third kappa shape index (κ3) is 3.56. The van der Waals surface area contributed by atoms with Gasteiger partial charge in [-0.25, -0.2) is 0 Å². The van der Waals surface area contributed by atoms with Crippen molar-refractivity contribution in [1.29, 1.82) is 0 Å². The summed E-state index contributed by atoms with van der Waals surface area (Å²) in [5, 5.41) is 24.3. The third-order valence-electron chi connectivity index (χ3n) is 7.94. The first-order valence-corrected chi connectivity index (χ1v) is 12.8. The molecule has 5 nitrogen and oxygen atoms in total. The number of likely N-dealkylation sites (tertiary alicyclic amines) is 1. The molecular formula is C29H30ClNO4. The van der Waals surface area contributed by atoms with E-state index in [-0.39, 0.29) is 5.92 Å². The molecule has 182 valence electrons. The molecule has 0 amide bonds. The summed E-state index contributed by atoms with van der Waals surface area (Å²) in [6.45, 7) is 4.04. The van der Waals surface area contributed by atoms with E-state index in [0.29, 0.717) is 35.1 Å². The summed E-state index contributed by atoms with van der Waals surface area (Å²) in [6, 6.07) is 22.9. The van der Waals surface area contributed by atoms with Crippen LogP contribution in [0.3, 0.4) is 0 Å². The van der Waals surface area contributed by atoms with Gasteiger partial charge < -0.3 is 24.6 Å². The summed E-state index contributed by atoms with van der Waals surface area (Å²) in [7, 11) is 0. The van der Waals surface area contributed by atoms with Gasteiger partial charge in [0.1, 0.15) is 11.5 Å². The predicted molar refractivity (Wildman–Crippen MR) is 135 cm³/mol. The van der Waals surface area contributed by atoms with Gasteiger partial charge in [0.05, 0.1) is 12.7 Å². The fourth-order valence-corrected chi connectivity index (χ4v) is 6.21. The highest BCUT2D eigenvalue weighted by atomic mass is 35.5. The Bertz CT molecular complexity index is 1200. The van der Waals surface area contributed by atoms with E-state index in [1.165, 1.54) is 19.5 Å². The quantitative estimate of drug-likeness (QED) is 0.463. The minimum absolute atomic E-state index is 0.266. The number of aliphatic hydroxyl groups excluding tert-OH is 1. The Balaban J connectivity index is 1.37. The van der Waals surface area contributed by atoms with Gasteiger partial charge in [0.15, 0.2) is 11.2 Å². The van der Waals surface area contributed by atoms with Gasteiger partial charge >= 0.3 is 0 Å². The first-order valence-electron chi connectivity index (χ1n) is 12.4. The van der Waals surface area contributed by atoms with Gasteiger partial charge in [0, 0.05) is 29.1 Å². The summed E-state index contributed by atoms with van der Waals surface area (Å²) in [5.74, 6) is 0.980. The van der Waals surface area contributed by atoms with Crippen molar-refractivity contribution in [2.75, 3.05) is 26.2 Å². The molecule has 0 radical (unpaired) electrons. The molecular weight excluding hydrogens is 462 g/mol. The van der Waals surface area contributed by atoms with Crippen molar-refractivity contribution in [3.8, 4) is 11.5 Å². The van der Waals surface area contributed by atoms with Crippen LogP contribution in [0, 0.1) is 0 Å². The normalized spacial score (nSPS) is 29.2. The smallest absolute Gasteiger partial charge is 0.176 e. The molecule has 35 heavy (non-hydrogen) atoms. The van der Waals surface area contributed by atoms with Crippen molar-refractivity contribution in [3.05, 3.63) is 94.5 Å². The number of benzene rings is 3. The lowest BCUT2D eigenvalue weighted by Crippen LogP contribution is -2.51. The molecule has 3 aliphatic rings. The van der Waals surface area contributed by atoms with E-state index >= 15 is 0 Å². The van der Waals surface area contributed by atoms with Crippen LogP contribution in [-0.2, 0) is 11.2 Å². The number of rotatable bonds is 7. The SMILES string of the molecule is O[C@H]1C[C@H](c2ccccc2)[C@@]2(c3ccc(Cl)cc3)Oc3cc(OCCCN4CCC4)ccc3[C@@]12O. The molecule has 2 aliphatic heterocycles. The van der Waals surface area contributed by atoms with Crippen LogP contribution < -0.4 is 9.47 Å².